The second kappa shape index (κ2) is 9.82. The van der Waals surface area contributed by atoms with Crippen molar-refractivity contribution in [1.82, 2.24) is 9.97 Å². The van der Waals surface area contributed by atoms with Crippen LogP contribution in [0.25, 0.3) is 11.4 Å². The molecule has 2 N–H and O–H groups in total. The summed E-state index contributed by atoms with van der Waals surface area (Å²) in [6.07, 6.45) is 1.71. The van der Waals surface area contributed by atoms with Crippen LogP contribution in [0.2, 0.25) is 0 Å². The summed E-state index contributed by atoms with van der Waals surface area (Å²) < 4.78 is 10.6. The fraction of sp³-hybridized carbons (Fsp3) is 0.115. The van der Waals surface area contributed by atoms with Gasteiger partial charge in [-0.15, -0.1) is 0 Å². The molecule has 4 rings (SSSR count). The number of benzene rings is 3. The highest BCUT2D eigenvalue weighted by Gasteiger charge is 2.12. The summed E-state index contributed by atoms with van der Waals surface area (Å²) in [7, 11) is 3.12. The summed E-state index contributed by atoms with van der Waals surface area (Å²) in [5, 5.41) is 6.14. The lowest BCUT2D eigenvalue weighted by Crippen LogP contribution is -2.13. The molecule has 0 saturated carbocycles. The Kier molecular flexibility index (Phi) is 6.50. The Bertz CT molecular complexity index is 1290. The smallest absolute Gasteiger partial charge is 0.255 e. The summed E-state index contributed by atoms with van der Waals surface area (Å²) in [4.78, 5) is 21.8. The number of carbonyl (C=O) groups excluding carboxylic acids is 1. The van der Waals surface area contributed by atoms with Gasteiger partial charge in [0.15, 0.2) is 5.82 Å². The summed E-state index contributed by atoms with van der Waals surface area (Å²) in [6.45, 7) is 2.03. The molecule has 1 aromatic heterocycles. The molecule has 33 heavy (non-hydrogen) atoms. The van der Waals surface area contributed by atoms with Gasteiger partial charge in [0.1, 0.15) is 17.3 Å². The third-order valence-electron chi connectivity index (χ3n) is 4.99. The molecular weight excluding hydrogens is 416 g/mol. The first-order valence-corrected chi connectivity index (χ1v) is 10.4. The van der Waals surface area contributed by atoms with E-state index in [1.807, 2.05) is 43.3 Å². The number of hydrogen-bond donors (Lipinski definition) is 2. The maximum atomic E-state index is 12.9. The van der Waals surface area contributed by atoms with Crippen LogP contribution in [0.3, 0.4) is 0 Å². The van der Waals surface area contributed by atoms with Crippen molar-refractivity contribution in [2.45, 2.75) is 6.92 Å². The second-order valence-corrected chi connectivity index (χ2v) is 7.36. The van der Waals surface area contributed by atoms with Gasteiger partial charge in [0, 0.05) is 29.1 Å². The van der Waals surface area contributed by atoms with E-state index in [1.165, 1.54) is 0 Å². The maximum Gasteiger partial charge on any atom is 0.255 e. The van der Waals surface area contributed by atoms with Crippen LogP contribution in [0.4, 0.5) is 17.2 Å². The predicted octanol–water partition coefficient (Wildman–Crippen LogP) is 5.47. The van der Waals surface area contributed by atoms with E-state index in [0.717, 1.165) is 16.8 Å². The lowest BCUT2D eigenvalue weighted by Gasteiger charge is -2.12. The molecule has 0 fully saturated rings. The number of ether oxygens (including phenoxy) is 2. The predicted molar refractivity (Wildman–Crippen MR) is 129 cm³/mol. The van der Waals surface area contributed by atoms with Gasteiger partial charge in [-0.25, -0.2) is 9.97 Å². The normalized spacial score (nSPS) is 10.4. The van der Waals surface area contributed by atoms with Gasteiger partial charge in [-0.2, -0.15) is 0 Å². The van der Waals surface area contributed by atoms with Crippen LogP contribution in [0, 0.1) is 6.92 Å². The molecule has 1 heterocycles. The number of methoxy groups -OCH3 is 2. The summed E-state index contributed by atoms with van der Waals surface area (Å²) in [5.74, 6) is 2.16. The van der Waals surface area contributed by atoms with Crippen molar-refractivity contribution in [3.8, 4) is 22.9 Å². The number of anilines is 3. The minimum Gasteiger partial charge on any atom is -0.497 e. The molecule has 7 heteroatoms. The zero-order chi connectivity index (χ0) is 23.2. The van der Waals surface area contributed by atoms with Gasteiger partial charge in [0.25, 0.3) is 5.91 Å². The number of nitrogens with zero attached hydrogens (tertiary/aromatic N) is 2. The van der Waals surface area contributed by atoms with E-state index < -0.39 is 0 Å². The van der Waals surface area contributed by atoms with Gasteiger partial charge >= 0.3 is 0 Å². The number of hydrogen-bond acceptors (Lipinski definition) is 6. The van der Waals surface area contributed by atoms with Crippen LogP contribution in [-0.2, 0) is 0 Å². The first kappa shape index (κ1) is 21.8. The van der Waals surface area contributed by atoms with Gasteiger partial charge in [-0.3, -0.25) is 4.79 Å². The lowest BCUT2D eigenvalue weighted by molar-refractivity contribution is 0.102. The number of aromatic nitrogens is 2. The molecule has 1 amide bonds. The van der Waals surface area contributed by atoms with Crippen LogP contribution in [-0.4, -0.2) is 30.1 Å². The Morgan fingerprint density at radius 2 is 1.76 bits per heavy atom. The maximum absolute atomic E-state index is 12.9. The Labute approximate surface area is 192 Å². The molecule has 0 bridgehead atoms. The molecule has 166 valence electrons. The molecule has 0 aliphatic rings. The minimum absolute atomic E-state index is 0.259. The van der Waals surface area contributed by atoms with E-state index in [1.54, 1.807) is 56.8 Å². The highest BCUT2D eigenvalue weighted by molar-refractivity contribution is 6.05. The van der Waals surface area contributed by atoms with Crippen LogP contribution in [0.15, 0.2) is 79.0 Å². The Morgan fingerprint density at radius 3 is 2.55 bits per heavy atom. The number of rotatable bonds is 7. The molecule has 0 unspecified atom stereocenters. The lowest BCUT2D eigenvalue weighted by atomic mass is 10.1. The summed E-state index contributed by atoms with van der Waals surface area (Å²) in [5.41, 5.74) is 3.87. The van der Waals surface area contributed by atoms with Gasteiger partial charge in [-0.05, 0) is 49.4 Å². The van der Waals surface area contributed by atoms with Crippen LogP contribution in [0.1, 0.15) is 15.9 Å². The quantitative estimate of drug-likeness (QED) is 0.397. The van der Waals surface area contributed by atoms with E-state index >= 15 is 0 Å². The second-order valence-electron chi connectivity index (χ2n) is 7.36. The average molecular weight is 441 g/mol. The van der Waals surface area contributed by atoms with E-state index in [9.17, 15) is 4.79 Å². The van der Waals surface area contributed by atoms with Crippen LogP contribution >= 0.6 is 0 Å². The molecule has 4 aromatic rings. The molecule has 3 aromatic carbocycles. The van der Waals surface area contributed by atoms with Gasteiger partial charge in [0.05, 0.1) is 19.9 Å². The van der Waals surface area contributed by atoms with E-state index in [4.69, 9.17) is 9.47 Å². The molecular formula is C26H24N4O3. The number of aryl methyl sites for hydroxylation is 1. The Hall–Kier alpha value is -4.39. The topological polar surface area (TPSA) is 85.4 Å². The van der Waals surface area contributed by atoms with Crippen molar-refractivity contribution in [2.75, 3.05) is 24.9 Å². The van der Waals surface area contributed by atoms with Crippen molar-refractivity contribution in [2.24, 2.45) is 0 Å². The number of amides is 1. The van der Waals surface area contributed by atoms with Gasteiger partial charge < -0.3 is 20.1 Å². The van der Waals surface area contributed by atoms with Crippen LogP contribution < -0.4 is 20.1 Å². The van der Waals surface area contributed by atoms with E-state index in [2.05, 4.69) is 20.6 Å². The van der Waals surface area contributed by atoms with Crippen molar-refractivity contribution >= 4 is 23.1 Å². The third-order valence-corrected chi connectivity index (χ3v) is 4.99. The molecule has 0 aliphatic carbocycles. The Balaban J connectivity index is 1.52. The first-order valence-electron chi connectivity index (χ1n) is 10.4. The number of nitrogens with one attached hydrogen (secondary N) is 2. The van der Waals surface area contributed by atoms with Crippen molar-refractivity contribution in [1.29, 1.82) is 0 Å². The monoisotopic (exact) mass is 440 g/mol. The summed E-state index contributed by atoms with van der Waals surface area (Å²) >= 11 is 0. The Morgan fingerprint density at radius 1 is 0.909 bits per heavy atom. The molecule has 7 nitrogen and oxygen atoms in total. The fourth-order valence-corrected chi connectivity index (χ4v) is 3.33. The first-order chi connectivity index (χ1) is 16.1. The van der Waals surface area contributed by atoms with E-state index in [0.29, 0.717) is 34.4 Å². The van der Waals surface area contributed by atoms with Crippen molar-refractivity contribution < 1.29 is 14.3 Å². The molecule has 0 aliphatic heterocycles. The van der Waals surface area contributed by atoms with Gasteiger partial charge in [-0.1, -0.05) is 29.8 Å². The summed E-state index contributed by atoms with van der Waals surface area (Å²) in [6, 6.07) is 22.2. The van der Waals surface area contributed by atoms with Crippen molar-refractivity contribution in [3.63, 3.8) is 0 Å². The minimum atomic E-state index is -0.259. The highest BCUT2D eigenvalue weighted by atomic mass is 16.5. The third kappa shape index (κ3) is 5.27. The molecule has 0 saturated heterocycles. The van der Waals surface area contributed by atoms with Crippen molar-refractivity contribution in [3.05, 3.63) is 90.1 Å². The average Bonchev–Trinajstić information content (AvgIpc) is 2.84. The SMILES string of the molecule is COc1ccc(NC(=O)c2cccc(Nc3ccnc(-c4cccc(C)c4)n3)c2)c(OC)c1. The van der Waals surface area contributed by atoms with E-state index in [-0.39, 0.29) is 5.91 Å². The molecule has 0 spiro atoms. The molecule has 0 radical (unpaired) electrons. The largest absolute Gasteiger partial charge is 0.497 e. The fourth-order valence-electron chi connectivity index (χ4n) is 3.33. The van der Waals surface area contributed by atoms with Gasteiger partial charge in [0.2, 0.25) is 0 Å². The zero-order valence-corrected chi connectivity index (χ0v) is 18.6. The van der Waals surface area contributed by atoms with Crippen LogP contribution in [0.5, 0.6) is 11.5 Å². The molecule has 0 atom stereocenters. The zero-order valence-electron chi connectivity index (χ0n) is 18.6. The highest BCUT2D eigenvalue weighted by Crippen LogP contribution is 2.29. The number of carbonyl (C=O) groups is 1. The standard InChI is InChI=1S/C26H24N4O3/c1-17-6-4-7-18(14-17)25-27-13-12-24(30-25)28-20-9-5-8-19(15-20)26(31)29-22-11-10-21(32-2)16-23(22)33-3/h4-16H,1-3H3,(H,29,31)(H,27,28,30).